The standard InChI is InChI=1S/C36H45ClN2O5S3.C7H14N2O2S/c1-23-6-3-15-36(41,34-45-16-5-17-46-34)30-11-8-27(30)20-39-21-35(14-4-7-25-18-28(37)10-12-29(25)35)22-44-32-13-9-26(19-31(32)39)33(40)38-47(42,43)24(23)2;10-12(11)4-3-9-2-1-8-5-7(9)6-12/h3,9-10,12-13,15,18-19,23-24,27,30,34,41H,4-8,11,14,16-17,20-22H2,1-2H3,(H,38,40);7-8H,1-6H2/b15-3+;/t23-,24+,27-,30+,35-,36+;/m0./s1. The van der Waals surface area contributed by atoms with Gasteiger partial charge in [-0.3, -0.25) is 9.69 Å². The summed E-state index contributed by atoms with van der Waals surface area (Å²) in [4.78, 5) is 18.2. The number of carbonyl (C=O) groups is 1. The second-order valence-electron chi connectivity index (χ2n) is 17.9. The molecule has 5 heterocycles. The van der Waals surface area contributed by atoms with Crippen LogP contribution in [0.25, 0.3) is 0 Å². The highest BCUT2D eigenvalue weighted by molar-refractivity contribution is 8.17. The fraction of sp³-hybridized carbons (Fsp3) is 0.651. The number of hydrogen-bond acceptors (Lipinski definition) is 12. The Bertz CT molecular complexity index is 2140. The van der Waals surface area contributed by atoms with Gasteiger partial charge in [0.15, 0.2) is 9.84 Å². The van der Waals surface area contributed by atoms with E-state index < -0.39 is 36.6 Å². The van der Waals surface area contributed by atoms with Gasteiger partial charge >= 0.3 is 0 Å². The van der Waals surface area contributed by atoms with E-state index in [0.29, 0.717) is 43.4 Å². The van der Waals surface area contributed by atoms with Gasteiger partial charge in [0.1, 0.15) is 11.4 Å². The quantitative estimate of drug-likeness (QED) is 0.311. The fourth-order valence-electron chi connectivity index (χ4n) is 10.2. The molecule has 324 valence electrons. The average Bonchev–Trinajstić information content (AvgIpc) is 3.35. The van der Waals surface area contributed by atoms with E-state index >= 15 is 0 Å². The van der Waals surface area contributed by atoms with Gasteiger partial charge in [0.25, 0.3) is 5.91 Å². The molecule has 1 saturated carbocycles. The summed E-state index contributed by atoms with van der Waals surface area (Å²) in [5.41, 5.74) is 2.32. The zero-order valence-corrected chi connectivity index (χ0v) is 38.1. The van der Waals surface area contributed by atoms with Crippen LogP contribution < -0.4 is 19.7 Å². The van der Waals surface area contributed by atoms with Crippen LogP contribution in [0.15, 0.2) is 48.6 Å². The Morgan fingerprint density at radius 3 is 2.61 bits per heavy atom. The van der Waals surface area contributed by atoms with E-state index in [0.717, 1.165) is 86.9 Å². The molecule has 7 atom stereocenters. The number of piperazine rings is 1. The molecule has 1 unspecified atom stereocenters. The van der Waals surface area contributed by atoms with E-state index in [1.807, 2.05) is 54.7 Å². The third-order valence-electron chi connectivity index (χ3n) is 14.0. The predicted octanol–water partition coefficient (Wildman–Crippen LogP) is 5.50. The summed E-state index contributed by atoms with van der Waals surface area (Å²) in [6.45, 7) is 9.00. The van der Waals surface area contributed by atoms with Gasteiger partial charge in [-0.25, -0.2) is 21.6 Å². The van der Waals surface area contributed by atoms with Crippen molar-refractivity contribution in [3.05, 3.63) is 70.3 Å². The van der Waals surface area contributed by atoms with Crippen LogP contribution in [0.3, 0.4) is 0 Å². The van der Waals surface area contributed by atoms with Crippen molar-refractivity contribution in [2.75, 3.05) is 73.8 Å². The minimum absolute atomic E-state index is 0.0302. The Balaban J connectivity index is 0.000000344. The molecular weight excluding hydrogens is 848 g/mol. The second kappa shape index (κ2) is 17.7. The van der Waals surface area contributed by atoms with E-state index in [-0.39, 0.29) is 39.4 Å². The number of carbonyl (C=O) groups excluding carboxylic acids is 1. The molecule has 2 aromatic rings. The summed E-state index contributed by atoms with van der Waals surface area (Å²) >= 11 is 10.2. The molecule has 5 aliphatic heterocycles. The molecule has 3 N–H and O–H groups in total. The highest BCUT2D eigenvalue weighted by Gasteiger charge is 2.52. The molecular formula is C43H59ClN4O7S4. The summed E-state index contributed by atoms with van der Waals surface area (Å²) in [6, 6.07) is 11.7. The first-order valence-corrected chi connectivity index (χ1v) is 27.2. The zero-order valence-electron chi connectivity index (χ0n) is 34.1. The number of hydrogen-bond donors (Lipinski definition) is 3. The summed E-state index contributed by atoms with van der Waals surface area (Å²) in [6.07, 6.45) is 10.5. The van der Waals surface area contributed by atoms with Crippen molar-refractivity contribution in [3.8, 4) is 5.75 Å². The van der Waals surface area contributed by atoms with Gasteiger partial charge in [0, 0.05) is 61.3 Å². The van der Waals surface area contributed by atoms with Crippen LogP contribution in [0.4, 0.5) is 5.69 Å². The minimum atomic E-state index is -3.95. The Hall–Kier alpha value is -1.98. The topological polar surface area (TPSA) is 145 Å². The monoisotopic (exact) mass is 906 g/mol. The number of aliphatic hydroxyl groups is 1. The van der Waals surface area contributed by atoms with Crippen molar-refractivity contribution in [1.29, 1.82) is 0 Å². The lowest BCUT2D eigenvalue weighted by Crippen LogP contribution is -2.58. The number of aryl methyl sites for hydroxylation is 1. The molecule has 1 spiro atoms. The maximum atomic E-state index is 13.5. The smallest absolute Gasteiger partial charge is 0.264 e. The summed E-state index contributed by atoms with van der Waals surface area (Å²) in [5, 5.41) is 15.8. The fourth-order valence-corrected chi connectivity index (χ4v) is 16.5. The number of rotatable bonds is 1. The molecule has 3 saturated heterocycles. The van der Waals surface area contributed by atoms with Crippen LogP contribution in [0.5, 0.6) is 5.75 Å². The van der Waals surface area contributed by atoms with Gasteiger partial charge in [-0.15, -0.1) is 23.5 Å². The van der Waals surface area contributed by atoms with Gasteiger partial charge in [0.2, 0.25) is 10.0 Å². The van der Waals surface area contributed by atoms with Gasteiger partial charge in [-0.05, 0) is 123 Å². The number of sulfone groups is 1. The number of sulfonamides is 1. The van der Waals surface area contributed by atoms with Crippen molar-refractivity contribution >= 4 is 66.6 Å². The number of halogens is 1. The zero-order chi connectivity index (χ0) is 41.6. The van der Waals surface area contributed by atoms with Crippen molar-refractivity contribution in [2.45, 2.75) is 85.7 Å². The Morgan fingerprint density at radius 2 is 1.83 bits per heavy atom. The summed E-state index contributed by atoms with van der Waals surface area (Å²) in [5.74, 6) is 2.87. The second-order valence-corrected chi connectivity index (χ2v) is 25.3. The Kier molecular flexibility index (Phi) is 13.1. The molecule has 7 aliphatic rings. The van der Waals surface area contributed by atoms with Crippen LogP contribution in [0.1, 0.15) is 73.9 Å². The predicted molar refractivity (Wildman–Crippen MR) is 240 cm³/mol. The molecule has 9 rings (SSSR count). The number of allylic oxidation sites excluding steroid dienone is 1. The number of benzene rings is 2. The van der Waals surface area contributed by atoms with Crippen LogP contribution in [-0.4, -0.2) is 123 Å². The molecule has 0 aromatic heterocycles. The number of thioether (sulfide) groups is 2. The van der Waals surface area contributed by atoms with Crippen molar-refractivity contribution in [1.82, 2.24) is 14.9 Å². The molecule has 2 aliphatic carbocycles. The van der Waals surface area contributed by atoms with Crippen LogP contribution in [0.2, 0.25) is 5.02 Å². The number of ether oxygens (including phenoxy) is 1. The Labute approximate surface area is 364 Å². The van der Waals surface area contributed by atoms with Gasteiger partial charge in [-0.2, -0.15) is 0 Å². The molecule has 59 heavy (non-hydrogen) atoms. The normalized spacial score (nSPS) is 35.2. The Morgan fingerprint density at radius 1 is 1.02 bits per heavy atom. The lowest BCUT2D eigenvalue weighted by Gasteiger charge is -2.51. The van der Waals surface area contributed by atoms with Gasteiger partial charge in [-0.1, -0.05) is 36.7 Å². The third-order valence-corrected chi connectivity index (χ3v) is 21.1. The molecule has 2 aromatic carbocycles. The first-order chi connectivity index (χ1) is 28.2. The van der Waals surface area contributed by atoms with E-state index in [2.05, 4.69) is 32.0 Å². The van der Waals surface area contributed by atoms with E-state index in [4.69, 9.17) is 16.3 Å². The summed E-state index contributed by atoms with van der Waals surface area (Å²) in [7, 11) is -6.69. The third kappa shape index (κ3) is 9.24. The molecule has 16 heteroatoms. The lowest BCUT2D eigenvalue weighted by molar-refractivity contribution is -0.0333. The minimum Gasteiger partial charge on any atom is -0.490 e. The largest absolute Gasteiger partial charge is 0.490 e. The highest BCUT2D eigenvalue weighted by Crippen LogP contribution is 2.53. The lowest BCUT2D eigenvalue weighted by atomic mass is 9.64. The maximum absolute atomic E-state index is 13.5. The van der Waals surface area contributed by atoms with Gasteiger partial charge < -0.3 is 20.1 Å². The maximum Gasteiger partial charge on any atom is 0.264 e. The van der Waals surface area contributed by atoms with Crippen molar-refractivity contribution in [3.63, 3.8) is 0 Å². The molecule has 4 fully saturated rings. The van der Waals surface area contributed by atoms with E-state index in [1.165, 1.54) is 11.1 Å². The number of anilines is 1. The van der Waals surface area contributed by atoms with Gasteiger partial charge in [0.05, 0.1) is 33.6 Å². The number of amides is 1. The molecule has 11 nitrogen and oxygen atoms in total. The average molecular weight is 908 g/mol. The van der Waals surface area contributed by atoms with E-state index in [1.54, 1.807) is 19.1 Å². The molecule has 2 bridgehead atoms. The van der Waals surface area contributed by atoms with Crippen molar-refractivity contribution < 1.29 is 31.5 Å². The first-order valence-electron chi connectivity index (χ1n) is 21.3. The molecule has 0 radical (unpaired) electrons. The summed E-state index contributed by atoms with van der Waals surface area (Å²) < 4.78 is 58.4. The SMILES string of the molecule is C[C@@H]1[C@@H](C)C/C=C/[C@](O)(C2SCCCS2)[C@@H]2CC[C@H]2CN2C[C@@]3(CCCc4cc(Cl)ccc43)COc3ccc(cc32)C(=O)NS1(=O)=O.O=S1(=O)CCN2CCNCC2C1. The van der Waals surface area contributed by atoms with Crippen LogP contribution >= 0.6 is 35.1 Å². The number of nitrogens with zero attached hydrogens (tertiary/aromatic N) is 2. The number of fused-ring (bicyclic) bond motifs is 5. The van der Waals surface area contributed by atoms with Crippen LogP contribution in [-0.2, 0) is 31.7 Å². The first kappa shape index (κ1) is 43.7. The number of nitrogens with one attached hydrogen (secondary N) is 2. The van der Waals surface area contributed by atoms with Crippen LogP contribution in [0, 0.1) is 17.8 Å². The van der Waals surface area contributed by atoms with Crippen molar-refractivity contribution in [2.24, 2.45) is 17.8 Å². The van der Waals surface area contributed by atoms with E-state index in [9.17, 15) is 26.7 Å². The highest BCUT2D eigenvalue weighted by atomic mass is 35.5. The molecule has 1 amide bonds.